The third kappa shape index (κ3) is 3.32. The van der Waals surface area contributed by atoms with E-state index in [2.05, 4.69) is 60.1 Å². The Balaban J connectivity index is 1.60. The van der Waals surface area contributed by atoms with E-state index < -0.39 is 0 Å². The molecular weight excluding hydrogens is 498 g/mol. The molecule has 0 unspecified atom stereocenters. The number of hydrogen-bond acceptors (Lipinski definition) is 5. The van der Waals surface area contributed by atoms with E-state index in [1.165, 1.54) is 0 Å². The molecule has 0 saturated carbocycles. The lowest BCUT2D eigenvalue weighted by Crippen LogP contribution is -2.33. The molecule has 0 bridgehead atoms. The fourth-order valence-corrected chi connectivity index (χ4v) is 5.17. The second kappa shape index (κ2) is 7.46. The zero-order valence-corrected chi connectivity index (χ0v) is 18.7. The Morgan fingerprint density at radius 1 is 1.07 bits per heavy atom. The number of ether oxygens (including phenoxy) is 2. The summed E-state index contributed by atoms with van der Waals surface area (Å²) in [6.45, 7) is 0. The fraction of sp³-hybridized carbons (Fsp3) is 0.182. The average molecular weight is 515 g/mol. The van der Waals surface area contributed by atoms with Crippen molar-refractivity contribution in [1.29, 1.82) is 0 Å². The Labute approximate surface area is 185 Å². The first-order chi connectivity index (χ1) is 14.1. The van der Waals surface area contributed by atoms with Gasteiger partial charge in [0.2, 0.25) is 6.23 Å². The van der Waals surface area contributed by atoms with Crippen LogP contribution in [0.25, 0.3) is 0 Å². The maximum absolute atomic E-state index is 6.44. The lowest BCUT2D eigenvalue weighted by molar-refractivity contribution is -0.0197. The summed E-state index contributed by atoms with van der Waals surface area (Å²) in [7, 11) is 1.67. The van der Waals surface area contributed by atoms with Crippen molar-refractivity contribution in [3.8, 4) is 11.5 Å². The summed E-state index contributed by atoms with van der Waals surface area (Å²) in [6.07, 6.45) is 4.05. The number of halogens is 2. The normalized spacial score (nSPS) is 19.8. The van der Waals surface area contributed by atoms with Crippen LogP contribution in [0.4, 0.5) is 0 Å². The molecule has 1 aromatic heterocycles. The standard InChI is InChI=1S/C22H17Br2N3O2/c1-28-16-4-2-13(3-5-16)19-12-20-17-10-15(23)11-18(24)21(17)29-22(27(20)26-19)14-6-8-25-9-7-14/h2-11,20,22H,12H2,1H3/t20-,22+/m1/s1. The lowest BCUT2D eigenvalue weighted by Gasteiger charge is -2.38. The Morgan fingerprint density at radius 2 is 1.83 bits per heavy atom. The molecule has 5 rings (SSSR count). The molecule has 29 heavy (non-hydrogen) atoms. The molecule has 2 atom stereocenters. The molecular formula is C22H17Br2N3O2. The van der Waals surface area contributed by atoms with Crippen molar-refractivity contribution in [3.05, 3.63) is 86.6 Å². The molecule has 2 aromatic carbocycles. The molecule has 0 aliphatic carbocycles. The van der Waals surface area contributed by atoms with Gasteiger partial charge in [-0.15, -0.1) is 0 Å². The first-order valence-electron chi connectivity index (χ1n) is 9.20. The van der Waals surface area contributed by atoms with Crippen LogP contribution in [-0.2, 0) is 0 Å². The predicted octanol–water partition coefficient (Wildman–Crippen LogP) is 5.86. The minimum atomic E-state index is -0.316. The summed E-state index contributed by atoms with van der Waals surface area (Å²) in [4.78, 5) is 4.14. The van der Waals surface area contributed by atoms with Gasteiger partial charge in [-0.05, 0) is 70.0 Å². The molecule has 2 aliphatic rings. The smallest absolute Gasteiger partial charge is 0.214 e. The van der Waals surface area contributed by atoms with Gasteiger partial charge in [0.05, 0.1) is 23.3 Å². The summed E-state index contributed by atoms with van der Waals surface area (Å²) in [6, 6.07) is 16.2. The van der Waals surface area contributed by atoms with Gasteiger partial charge in [0.1, 0.15) is 11.5 Å². The minimum Gasteiger partial charge on any atom is -0.497 e. The molecule has 5 nitrogen and oxygen atoms in total. The molecule has 0 amide bonds. The Kier molecular flexibility index (Phi) is 4.80. The van der Waals surface area contributed by atoms with Gasteiger partial charge in [-0.3, -0.25) is 4.98 Å². The van der Waals surface area contributed by atoms with Crippen molar-refractivity contribution in [2.24, 2.45) is 5.10 Å². The number of fused-ring (bicyclic) bond motifs is 3. The highest BCUT2D eigenvalue weighted by Crippen LogP contribution is 2.50. The van der Waals surface area contributed by atoms with E-state index in [1.807, 2.05) is 30.3 Å². The molecule has 0 saturated heterocycles. The quantitative estimate of drug-likeness (QED) is 0.439. The number of aromatic nitrogens is 1. The molecule has 7 heteroatoms. The highest BCUT2D eigenvalue weighted by molar-refractivity contribution is 9.11. The topological polar surface area (TPSA) is 47.0 Å². The van der Waals surface area contributed by atoms with Crippen molar-refractivity contribution in [1.82, 2.24) is 9.99 Å². The summed E-state index contributed by atoms with van der Waals surface area (Å²) >= 11 is 7.28. The van der Waals surface area contributed by atoms with Crippen LogP contribution in [0.15, 0.2) is 75.0 Å². The fourth-order valence-electron chi connectivity index (χ4n) is 3.82. The molecule has 3 heterocycles. The van der Waals surface area contributed by atoms with Gasteiger partial charge < -0.3 is 9.47 Å². The Morgan fingerprint density at radius 3 is 2.55 bits per heavy atom. The third-order valence-electron chi connectivity index (χ3n) is 5.22. The average Bonchev–Trinajstić information content (AvgIpc) is 3.20. The molecule has 0 spiro atoms. The summed E-state index contributed by atoms with van der Waals surface area (Å²) in [5.41, 5.74) is 4.25. The maximum Gasteiger partial charge on any atom is 0.214 e. The van der Waals surface area contributed by atoms with Crippen LogP contribution in [-0.4, -0.2) is 22.8 Å². The lowest BCUT2D eigenvalue weighted by atomic mass is 9.96. The maximum atomic E-state index is 6.44. The van der Waals surface area contributed by atoms with Crippen LogP contribution in [0, 0.1) is 0 Å². The predicted molar refractivity (Wildman–Crippen MR) is 118 cm³/mol. The zero-order valence-electron chi connectivity index (χ0n) is 15.5. The van der Waals surface area contributed by atoms with Crippen LogP contribution in [0.1, 0.15) is 35.4 Å². The van der Waals surface area contributed by atoms with Gasteiger partial charge in [-0.2, -0.15) is 5.10 Å². The van der Waals surface area contributed by atoms with E-state index in [4.69, 9.17) is 14.6 Å². The highest BCUT2D eigenvalue weighted by atomic mass is 79.9. The van der Waals surface area contributed by atoms with E-state index in [0.717, 1.165) is 49.3 Å². The summed E-state index contributed by atoms with van der Waals surface area (Å²) in [5, 5.41) is 7.05. The number of nitrogens with zero attached hydrogens (tertiary/aromatic N) is 3. The molecule has 2 aliphatic heterocycles. The zero-order chi connectivity index (χ0) is 20.0. The first-order valence-corrected chi connectivity index (χ1v) is 10.8. The molecule has 0 radical (unpaired) electrons. The van der Waals surface area contributed by atoms with Crippen LogP contribution in [0.2, 0.25) is 0 Å². The number of hydrogen-bond donors (Lipinski definition) is 0. The van der Waals surface area contributed by atoms with Gasteiger partial charge in [-0.25, -0.2) is 5.01 Å². The van der Waals surface area contributed by atoms with Gasteiger partial charge in [-0.1, -0.05) is 15.9 Å². The van der Waals surface area contributed by atoms with E-state index >= 15 is 0 Å². The van der Waals surface area contributed by atoms with E-state index in [1.54, 1.807) is 19.5 Å². The van der Waals surface area contributed by atoms with Crippen molar-refractivity contribution >= 4 is 37.6 Å². The highest BCUT2D eigenvalue weighted by Gasteiger charge is 2.41. The van der Waals surface area contributed by atoms with Crippen LogP contribution in [0.5, 0.6) is 11.5 Å². The van der Waals surface area contributed by atoms with Gasteiger partial charge in [0, 0.05) is 34.4 Å². The SMILES string of the molecule is COc1ccc(C2=NN3[C@H](C2)c2cc(Br)cc(Br)c2O[C@H]3c2ccncc2)cc1. The number of pyridine rings is 1. The Hall–Kier alpha value is -2.38. The summed E-state index contributed by atoms with van der Waals surface area (Å²) < 4.78 is 13.7. The minimum absolute atomic E-state index is 0.0859. The largest absolute Gasteiger partial charge is 0.497 e. The molecule has 3 aromatic rings. The molecule has 146 valence electrons. The van der Waals surface area contributed by atoms with E-state index in [0.29, 0.717) is 0 Å². The summed E-state index contributed by atoms with van der Waals surface area (Å²) in [5.74, 6) is 1.70. The van der Waals surface area contributed by atoms with Crippen molar-refractivity contribution in [2.75, 3.05) is 7.11 Å². The number of rotatable bonds is 3. The van der Waals surface area contributed by atoms with Crippen LogP contribution in [0.3, 0.4) is 0 Å². The number of benzene rings is 2. The van der Waals surface area contributed by atoms with Crippen molar-refractivity contribution in [3.63, 3.8) is 0 Å². The van der Waals surface area contributed by atoms with Gasteiger partial charge >= 0.3 is 0 Å². The van der Waals surface area contributed by atoms with Crippen LogP contribution >= 0.6 is 31.9 Å². The van der Waals surface area contributed by atoms with E-state index in [9.17, 15) is 0 Å². The second-order valence-corrected chi connectivity index (χ2v) is 8.70. The number of methoxy groups -OCH3 is 1. The van der Waals surface area contributed by atoms with Gasteiger partial charge in [0.15, 0.2) is 0 Å². The van der Waals surface area contributed by atoms with Crippen molar-refractivity contribution in [2.45, 2.75) is 18.7 Å². The number of hydrazone groups is 1. The Bertz CT molecular complexity index is 1090. The van der Waals surface area contributed by atoms with E-state index in [-0.39, 0.29) is 12.3 Å². The van der Waals surface area contributed by atoms with Gasteiger partial charge in [0.25, 0.3) is 0 Å². The van der Waals surface area contributed by atoms with Crippen molar-refractivity contribution < 1.29 is 9.47 Å². The van der Waals surface area contributed by atoms with Crippen LogP contribution < -0.4 is 9.47 Å². The second-order valence-electron chi connectivity index (χ2n) is 6.93. The molecule has 0 N–H and O–H groups in total. The third-order valence-corrected chi connectivity index (χ3v) is 6.27. The monoisotopic (exact) mass is 513 g/mol. The first kappa shape index (κ1) is 18.6. The molecule has 0 fully saturated rings.